The van der Waals surface area contributed by atoms with E-state index in [-0.39, 0.29) is 17.2 Å². The number of hydrogen-bond acceptors (Lipinski definition) is 3. The van der Waals surface area contributed by atoms with Gasteiger partial charge in [0.15, 0.2) is 0 Å². The molecule has 1 fully saturated rings. The maximum absolute atomic E-state index is 12.3. The van der Waals surface area contributed by atoms with Crippen LogP contribution in [0.3, 0.4) is 0 Å². The van der Waals surface area contributed by atoms with E-state index < -0.39 is 6.04 Å². The highest BCUT2D eigenvalue weighted by molar-refractivity contribution is 5.90. The Kier molecular flexibility index (Phi) is 4.51. The third kappa shape index (κ3) is 3.70. The predicted octanol–water partition coefficient (Wildman–Crippen LogP) is 0.396. The van der Waals surface area contributed by atoms with Crippen LogP contribution in [-0.2, 0) is 14.3 Å². The van der Waals surface area contributed by atoms with E-state index in [1.54, 1.807) is 12.0 Å². The Morgan fingerprint density at radius 1 is 1.41 bits per heavy atom. The minimum absolute atomic E-state index is 0.0135. The minimum Gasteiger partial charge on any atom is -0.383 e. The van der Waals surface area contributed by atoms with E-state index in [1.807, 2.05) is 20.8 Å². The number of ether oxygens (including phenoxy) is 1. The molecule has 0 saturated carbocycles. The Labute approximate surface area is 102 Å². The van der Waals surface area contributed by atoms with Crippen LogP contribution >= 0.6 is 0 Å². The molecule has 0 aromatic carbocycles. The van der Waals surface area contributed by atoms with E-state index in [2.05, 4.69) is 5.32 Å². The summed E-state index contributed by atoms with van der Waals surface area (Å²) in [6, 6.07) is -0.450. The number of rotatable bonds is 3. The molecule has 1 N–H and O–H groups in total. The molecule has 5 heteroatoms. The second-order valence-electron chi connectivity index (χ2n) is 5.43. The lowest BCUT2D eigenvalue weighted by Crippen LogP contribution is -2.52. The zero-order chi connectivity index (χ0) is 13.1. The Balaban J connectivity index is 2.82. The fourth-order valence-corrected chi connectivity index (χ4v) is 1.83. The number of nitrogens with zero attached hydrogens (tertiary/aromatic N) is 1. The van der Waals surface area contributed by atoms with Gasteiger partial charge in [-0.1, -0.05) is 20.8 Å². The summed E-state index contributed by atoms with van der Waals surface area (Å²) >= 11 is 0. The normalized spacial score (nSPS) is 22.4. The van der Waals surface area contributed by atoms with E-state index in [1.165, 1.54) is 0 Å². The van der Waals surface area contributed by atoms with Gasteiger partial charge >= 0.3 is 0 Å². The standard InChI is InChI=1S/C12H22N2O3/c1-12(2,3)10-11(16)14(7-8-17-4)6-5-9(15)13-10/h10H,5-8H2,1-4H3,(H,13,15). The lowest BCUT2D eigenvalue weighted by Gasteiger charge is -2.32. The zero-order valence-corrected chi connectivity index (χ0v) is 11.1. The van der Waals surface area contributed by atoms with Crippen LogP contribution in [0.25, 0.3) is 0 Å². The molecule has 1 aliphatic rings. The summed E-state index contributed by atoms with van der Waals surface area (Å²) < 4.78 is 4.98. The van der Waals surface area contributed by atoms with Gasteiger partial charge in [0.2, 0.25) is 11.8 Å². The van der Waals surface area contributed by atoms with Gasteiger partial charge < -0.3 is 15.0 Å². The predicted molar refractivity (Wildman–Crippen MR) is 64.5 cm³/mol. The van der Waals surface area contributed by atoms with Crippen LogP contribution in [0.15, 0.2) is 0 Å². The first-order valence-corrected chi connectivity index (χ1v) is 5.93. The number of methoxy groups -OCH3 is 1. The summed E-state index contributed by atoms with van der Waals surface area (Å²) in [7, 11) is 1.60. The van der Waals surface area contributed by atoms with Crippen molar-refractivity contribution in [1.29, 1.82) is 0 Å². The molecule has 1 heterocycles. The lowest BCUT2D eigenvalue weighted by molar-refractivity contribution is -0.136. The molecule has 5 nitrogen and oxygen atoms in total. The van der Waals surface area contributed by atoms with Crippen molar-refractivity contribution < 1.29 is 14.3 Å². The summed E-state index contributed by atoms with van der Waals surface area (Å²) in [4.78, 5) is 25.6. The van der Waals surface area contributed by atoms with E-state index >= 15 is 0 Å². The molecule has 1 saturated heterocycles. The molecule has 17 heavy (non-hydrogen) atoms. The summed E-state index contributed by atoms with van der Waals surface area (Å²) in [6.45, 7) is 7.37. The van der Waals surface area contributed by atoms with Crippen molar-refractivity contribution >= 4 is 11.8 Å². The Morgan fingerprint density at radius 3 is 2.59 bits per heavy atom. The van der Waals surface area contributed by atoms with Crippen LogP contribution in [0.2, 0.25) is 0 Å². The molecule has 2 amide bonds. The Morgan fingerprint density at radius 2 is 2.06 bits per heavy atom. The molecule has 1 aliphatic heterocycles. The topological polar surface area (TPSA) is 58.6 Å². The van der Waals surface area contributed by atoms with Gasteiger partial charge in [0, 0.05) is 26.6 Å². The van der Waals surface area contributed by atoms with Gasteiger partial charge in [-0.15, -0.1) is 0 Å². The summed E-state index contributed by atoms with van der Waals surface area (Å²) in [5, 5.41) is 2.80. The highest BCUT2D eigenvalue weighted by Gasteiger charge is 2.37. The smallest absolute Gasteiger partial charge is 0.245 e. The van der Waals surface area contributed by atoms with E-state index in [4.69, 9.17) is 4.74 Å². The van der Waals surface area contributed by atoms with Crippen LogP contribution < -0.4 is 5.32 Å². The summed E-state index contributed by atoms with van der Waals surface area (Å²) in [6.07, 6.45) is 0.363. The molecule has 1 unspecified atom stereocenters. The van der Waals surface area contributed by atoms with Crippen molar-refractivity contribution in [3.63, 3.8) is 0 Å². The minimum atomic E-state index is -0.450. The number of nitrogens with one attached hydrogen (secondary N) is 1. The Bertz CT molecular complexity index is 297. The molecular formula is C12H22N2O3. The molecular weight excluding hydrogens is 220 g/mol. The molecule has 0 aromatic rings. The van der Waals surface area contributed by atoms with Gasteiger partial charge in [-0.3, -0.25) is 9.59 Å². The van der Waals surface area contributed by atoms with Crippen LogP contribution in [0, 0.1) is 5.41 Å². The van der Waals surface area contributed by atoms with Crippen LogP contribution in [0.1, 0.15) is 27.2 Å². The molecule has 0 aliphatic carbocycles. The van der Waals surface area contributed by atoms with Gasteiger partial charge in [-0.25, -0.2) is 0 Å². The first-order chi connectivity index (χ1) is 7.86. The summed E-state index contributed by atoms with van der Waals surface area (Å²) in [5.74, 6) is -0.0707. The quantitative estimate of drug-likeness (QED) is 0.779. The monoisotopic (exact) mass is 242 g/mol. The molecule has 0 bridgehead atoms. The maximum atomic E-state index is 12.3. The average molecular weight is 242 g/mol. The molecule has 0 radical (unpaired) electrons. The van der Waals surface area contributed by atoms with E-state index in [0.29, 0.717) is 26.1 Å². The van der Waals surface area contributed by atoms with Gasteiger partial charge in [0.1, 0.15) is 6.04 Å². The van der Waals surface area contributed by atoms with Gasteiger partial charge in [0.05, 0.1) is 6.61 Å². The number of carbonyl (C=O) groups is 2. The lowest BCUT2D eigenvalue weighted by atomic mass is 9.86. The fraction of sp³-hybridized carbons (Fsp3) is 0.833. The van der Waals surface area contributed by atoms with Crippen LogP contribution in [-0.4, -0.2) is 49.6 Å². The molecule has 1 atom stereocenters. The summed E-state index contributed by atoms with van der Waals surface area (Å²) in [5.41, 5.74) is -0.275. The first kappa shape index (κ1) is 14.0. The number of carbonyl (C=O) groups excluding carboxylic acids is 2. The SMILES string of the molecule is COCCN1CCC(=O)NC(C(C)(C)C)C1=O. The van der Waals surface area contributed by atoms with Crippen molar-refractivity contribution in [3.05, 3.63) is 0 Å². The van der Waals surface area contributed by atoms with Crippen molar-refractivity contribution in [2.24, 2.45) is 5.41 Å². The van der Waals surface area contributed by atoms with Crippen LogP contribution in [0.4, 0.5) is 0 Å². The highest BCUT2D eigenvalue weighted by Crippen LogP contribution is 2.22. The van der Waals surface area contributed by atoms with E-state index in [9.17, 15) is 9.59 Å². The Hall–Kier alpha value is -1.10. The largest absolute Gasteiger partial charge is 0.383 e. The average Bonchev–Trinajstić information content (AvgIpc) is 2.36. The molecule has 98 valence electrons. The van der Waals surface area contributed by atoms with Crippen molar-refractivity contribution in [3.8, 4) is 0 Å². The molecule has 1 rings (SSSR count). The van der Waals surface area contributed by atoms with Crippen molar-refractivity contribution in [2.45, 2.75) is 33.2 Å². The highest BCUT2D eigenvalue weighted by atomic mass is 16.5. The fourth-order valence-electron chi connectivity index (χ4n) is 1.83. The van der Waals surface area contributed by atoms with Crippen LogP contribution in [0.5, 0.6) is 0 Å². The van der Waals surface area contributed by atoms with Gasteiger partial charge in [-0.05, 0) is 5.41 Å². The zero-order valence-electron chi connectivity index (χ0n) is 11.1. The van der Waals surface area contributed by atoms with Gasteiger partial charge in [0.25, 0.3) is 0 Å². The van der Waals surface area contributed by atoms with Crippen molar-refractivity contribution in [2.75, 3.05) is 26.8 Å². The maximum Gasteiger partial charge on any atom is 0.245 e. The molecule has 0 spiro atoms. The van der Waals surface area contributed by atoms with Gasteiger partial charge in [-0.2, -0.15) is 0 Å². The third-order valence-corrected chi connectivity index (χ3v) is 2.90. The van der Waals surface area contributed by atoms with E-state index in [0.717, 1.165) is 0 Å². The third-order valence-electron chi connectivity index (χ3n) is 2.90. The van der Waals surface area contributed by atoms with Crippen molar-refractivity contribution in [1.82, 2.24) is 10.2 Å². The molecule has 0 aromatic heterocycles. The number of hydrogen-bond donors (Lipinski definition) is 1. The first-order valence-electron chi connectivity index (χ1n) is 5.93. The number of amides is 2. The second kappa shape index (κ2) is 5.49. The second-order valence-corrected chi connectivity index (χ2v) is 5.43.